The second-order valence-electron chi connectivity index (χ2n) is 4.49. The van der Waals surface area contributed by atoms with Crippen molar-refractivity contribution >= 4 is 5.91 Å². The van der Waals surface area contributed by atoms with Crippen LogP contribution in [0.2, 0.25) is 0 Å². The minimum Gasteiger partial charge on any atom is -0.508 e. The van der Waals surface area contributed by atoms with Crippen LogP contribution in [-0.2, 0) is 11.2 Å². The quantitative estimate of drug-likeness (QED) is 0.819. The molecule has 0 saturated carbocycles. The molecule has 0 aromatic heterocycles. The highest BCUT2D eigenvalue weighted by Crippen LogP contribution is 2.17. The van der Waals surface area contributed by atoms with Gasteiger partial charge in [-0.3, -0.25) is 4.79 Å². The van der Waals surface area contributed by atoms with Gasteiger partial charge in [0.05, 0.1) is 6.42 Å². The molecule has 4 heteroatoms. The topological polar surface area (TPSA) is 43.8 Å². The van der Waals surface area contributed by atoms with Crippen molar-refractivity contribution in [2.24, 2.45) is 0 Å². The fraction of sp³-hybridized carbons (Fsp3) is 0.462. The van der Waals surface area contributed by atoms with Crippen molar-refractivity contribution in [2.45, 2.75) is 6.42 Å². The van der Waals surface area contributed by atoms with E-state index < -0.39 is 0 Å². The molecule has 1 aromatic carbocycles. The standard InChI is InChI=1S/C13H18N2O2/c1-14-6-8-15(9-7-14)13(17)10-11-4-2-3-5-12(11)16/h2-5,16H,6-10H2,1H3. The Morgan fingerprint density at radius 2 is 1.88 bits per heavy atom. The maximum atomic E-state index is 12.0. The fourth-order valence-electron chi connectivity index (χ4n) is 1.99. The van der Waals surface area contributed by atoms with E-state index in [4.69, 9.17) is 0 Å². The van der Waals surface area contributed by atoms with Crippen LogP contribution in [0.5, 0.6) is 5.75 Å². The molecular weight excluding hydrogens is 216 g/mol. The summed E-state index contributed by atoms with van der Waals surface area (Å²) in [5, 5.41) is 9.62. The number of phenolic OH excluding ortho intramolecular Hbond substituents is 1. The van der Waals surface area contributed by atoms with Gasteiger partial charge >= 0.3 is 0 Å². The number of piperazine rings is 1. The first-order valence-electron chi connectivity index (χ1n) is 5.90. The van der Waals surface area contributed by atoms with Gasteiger partial charge in [-0.1, -0.05) is 18.2 Å². The number of para-hydroxylation sites is 1. The molecule has 0 atom stereocenters. The number of amides is 1. The van der Waals surface area contributed by atoms with E-state index in [9.17, 15) is 9.90 Å². The molecule has 0 aliphatic carbocycles. The maximum Gasteiger partial charge on any atom is 0.227 e. The van der Waals surface area contributed by atoms with E-state index in [0.717, 1.165) is 26.2 Å². The lowest BCUT2D eigenvalue weighted by Crippen LogP contribution is -2.47. The Labute approximate surface area is 101 Å². The van der Waals surface area contributed by atoms with Crippen LogP contribution in [0.15, 0.2) is 24.3 Å². The van der Waals surface area contributed by atoms with Crippen LogP contribution >= 0.6 is 0 Å². The van der Waals surface area contributed by atoms with Gasteiger partial charge in [-0.2, -0.15) is 0 Å². The van der Waals surface area contributed by atoms with Crippen LogP contribution in [0.25, 0.3) is 0 Å². The summed E-state index contributed by atoms with van der Waals surface area (Å²) in [5.41, 5.74) is 0.705. The van der Waals surface area contributed by atoms with E-state index in [1.165, 1.54) is 0 Å². The largest absolute Gasteiger partial charge is 0.508 e. The van der Waals surface area contributed by atoms with Gasteiger partial charge in [0.2, 0.25) is 5.91 Å². The molecule has 0 bridgehead atoms. The number of carbonyl (C=O) groups is 1. The number of hydrogen-bond donors (Lipinski definition) is 1. The lowest BCUT2D eigenvalue weighted by molar-refractivity contribution is -0.132. The number of carbonyl (C=O) groups excluding carboxylic acids is 1. The van der Waals surface area contributed by atoms with Gasteiger partial charge in [0.1, 0.15) is 5.75 Å². The molecule has 17 heavy (non-hydrogen) atoms. The Kier molecular flexibility index (Phi) is 3.64. The van der Waals surface area contributed by atoms with Gasteiger partial charge in [0.15, 0.2) is 0 Å². The van der Waals surface area contributed by atoms with Crippen LogP contribution in [0.1, 0.15) is 5.56 Å². The number of rotatable bonds is 2. The van der Waals surface area contributed by atoms with Crippen molar-refractivity contribution in [3.63, 3.8) is 0 Å². The lowest BCUT2D eigenvalue weighted by Gasteiger charge is -2.32. The Bertz CT molecular complexity index is 398. The molecular formula is C13H18N2O2. The van der Waals surface area contributed by atoms with Crippen LogP contribution in [0, 0.1) is 0 Å². The molecule has 1 N–H and O–H groups in total. The molecule has 4 nitrogen and oxygen atoms in total. The Balaban J connectivity index is 1.95. The third kappa shape index (κ3) is 2.97. The van der Waals surface area contributed by atoms with Gasteiger partial charge in [-0.25, -0.2) is 0 Å². The third-order valence-corrected chi connectivity index (χ3v) is 3.19. The monoisotopic (exact) mass is 234 g/mol. The van der Waals surface area contributed by atoms with Crippen LogP contribution in [-0.4, -0.2) is 54.0 Å². The summed E-state index contributed by atoms with van der Waals surface area (Å²) in [6.45, 7) is 3.41. The summed E-state index contributed by atoms with van der Waals surface area (Å²) in [4.78, 5) is 16.1. The van der Waals surface area contributed by atoms with E-state index in [0.29, 0.717) is 5.56 Å². The van der Waals surface area contributed by atoms with E-state index in [-0.39, 0.29) is 18.1 Å². The zero-order chi connectivity index (χ0) is 12.3. The number of likely N-dealkylation sites (N-methyl/N-ethyl adjacent to an activating group) is 1. The normalized spacial score (nSPS) is 17.1. The van der Waals surface area contributed by atoms with E-state index >= 15 is 0 Å². The molecule has 92 valence electrons. The van der Waals surface area contributed by atoms with Gasteiger partial charge in [-0.15, -0.1) is 0 Å². The van der Waals surface area contributed by atoms with E-state index in [1.54, 1.807) is 18.2 Å². The molecule has 1 heterocycles. The van der Waals surface area contributed by atoms with Crippen LogP contribution in [0.3, 0.4) is 0 Å². The van der Waals surface area contributed by atoms with Gasteiger partial charge in [0.25, 0.3) is 0 Å². The molecule has 1 amide bonds. The summed E-state index contributed by atoms with van der Waals surface area (Å²) >= 11 is 0. The first-order chi connectivity index (χ1) is 8.16. The zero-order valence-corrected chi connectivity index (χ0v) is 10.1. The van der Waals surface area contributed by atoms with Crippen molar-refractivity contribution < 1.29 is 9.90 Å². The average Bonchev–Trinajstić information content (AvgIpc) is 2.33. The van der Waals surface area contributed by atoms with Crippen molar-refractivity contribution in [1.82, 2.24) is 9.80 Å². The zero-order valence-electron chi connectivity index (χ0n) is 10.1. The predicted molar refractivity (Wildman–Crippen MR) is 65.9 cm³/mol. The number of hydrogen-bond acceptors (Lipinski definition) is 3. The van der Waals surface area contributed by atoms with Gasteiger partial charge in [-0.05, 0) is 13.1 Å². The van der Waals surface area contributed by atoms with Gasteiger partial charge in [0, 0.05) is 31.7 Å². The molecule has 0 spiro atoms. The summed E-state index contributed by atoms with van der Waals surface area (Å²) < 4.78 is 0. The Morgan fingerprint density at radius 3 is 2.53 bits per heavy atom. The number of phenols is 1. The summed E-state index contributed by atoms with van der Waals surface area (Å²) in [6.07, 6.45) is 0.288. The number of nitrogens with zero attached hydrogens (tertiary/aromatic N) is 2. The molecule has 1 fully saturated rings. The smallest absolute Gasteiger partial charge is 0.227 e. The minimum absolute atomic E-state index is 0.0969. The van der Waals surface area contributed by atoms with Gasteiger partial charge < -0.3 is 14.9 Å². The molecule has 1 aliphatic rings. The Hall–Kier alpha value is -1.55. The summed E-state index contributed by atoms with van der Waals surface area (Å²) in [6, 6.07) is 7.02. The molecule has 1 aromatic rings. The molecule has 1 aliphatic heterocycles. The van der Waals surface area contributed by atoms with E-state index in [2.05, 4.69) is 11.9 Å². The summed E-state index contributed by atoms with van der Waals surface area (Å²) in [5.74, 6) is 0.301. The summed E-state index contributed by atoms with van der Waals surface area (Å²) in [7, 11) is 2.06. The first-order valence-corrected chi connectivity index (χ1v) is 5.90. The van der Waals surface area contributed by atoms with Crippen LogP contribution < -0.4 is 0 Å². The fourth-order valence-corrected chi connectivity index (χ4v) is 1.99. The first kappa shape index (κ1) is 11.9. The highest BCUT2D eigenvalue weighted by atomic mass is 16.3. The lowest BCUT2D eigenvalue weighted by atomic mass is 10.1. The predicted octanol–water partition coefficient (Wildman–Crippen LogP) is 0.709. The second-order valence-corrected chi connectivity index (χ2v) is 4.49. The SMILES string of the molecule is CN1CCN(C(=O)Cc2ccccc2O)CC1. The molecule has 1 saturated heterocycles. The van der Waals surface area contributed by atoms with E-state index in [1.807, 2.05) is 11.0 Å². The highest BCUT2D eigenvalue weighted by molar-refractivity contribution is 5.79. The van der Waals surface area contributed by atoms with Crippen molar-refractivity contribution in [2.75, 3.05) is 33.2 Å². The minimum atomic E-state index is 0.0969. The Morgan fingerprint density at radius 1 is 1.24 bits per heavy atom. The highest BCUT2D eigenvalue weighted by Gasteiger charge is 2.19. The van der Waals surface area contributed by atoms with Crippen LogP contribution in [0.4, 0.5) is 0 Å². The number of aromatic hydroxyl groups is 1. The molecule has 0 radical (unpaired) electrons. The second kappa shape index (κ2) is 5.19. The van der Waals surface area contributed by atoms with Crippen molar-refractivity contribution in [3.8, 4) is 5.75 Å². The maximum absolute atomic E-state index is 12.0. The third-order valence-electron chi connectivity index (χ3n) is 3.19. The van der Waals surface area contributed by atoms with Crippen molar-refractivity contribution in [1.29, 1.82) is 0 Å². The number of benzene rings is 1. The molecule has 0 unspecified atom stereocenters. The molecule has 2 rings (SSSR count). The average molecular weight is 234 g/mol. The van der Waals surface area contributed by atoms with Crippen molar-refractivity contribution in [3.05, 3.63) is 29.8 Å².